The first-order chi connectivity index (χ1) is 9.49. The Morgan fingerprint density at radius 2 is 1.57 bits per heavy atom. The summed E-state index contributed by atoms with van der Waals surface area (Å²) in [5.41, 5.74) is 2.03. The van der Waals surface area contributed by atoms with Crippen LogP contribution in [0.3, 0.4) is 0 Å². The zero-order chi connectivity index (χ0) is 16.4. The summed E-state index contributed by atoms with van der Waals surface area (Å²) in [5, 5.41) is 0. The van der Waals surface area contributed by atoms with Gasteiger partial charge in [-0.05, 0) is 31.9 Å². The predicted octanol–water partition coefficient (Wildman–Crippen LogP) is 3.57. The van der Waals surface area contributed by atoms with Crippen LogP contribution in [0.5, 0.6) is 0 Å². The molecule has 3 nitrogen and oxygen atoms in total. The monoisotopic (exact) mass is 323 g/mol. The van der Waals surface area contributed by atoms with Crippen LogP contribution in [0, 0.1) is 20.8 Å². The van der Waals surface area contributed by atoms with Crippen LogP contribution in [0.15, 0.2) is 17.0 Å². The largest absolute Gasteiger partial charge is 0.390 e. The second-order valence-corrected chi connectivity index (χ2v) is 6.96. The minimum Gasteiger partial charge on any atom is -0.207 e. The molecule has 7 heteroatoms. The van der Waals surface area contributed by atoms with Gasteiger partial charge in [-0.1, -0.05) is 24.6 Å². The topological polar surface area (TPSA) is 37.4 Å². The highest BCUT2D eigenvalue weighted by atomic mass is 32.2. The molecule has 0 amide bonds. The van der Waals surface area contributed by atoms with Gasteiger partial charge in [-0.3, -0.25) is 0 Å². The maximum atomic E-state index is 12.6. The number of aryl methyl sites for hydroxylation is 3. The van der Waals surface area contributed by atoms with Gasteiger partial charge in [-0.25, -0.2) is 8.42 Å². The van der Waals surface area contributed by atoms with Crippen molar-refractivity contribution in [3.63, 3.8) is 0 Å². The van der Waals surface area contributed by atoms with Gasteiger partial charge in [0, 0.05) is 13.1 Å². The lowest BCUT2D eigenvalue weighted by Crippen LogP contribution is -2.34. The lowest BCUT2D eigenvalue weighted by molar-refractivity contribution is -0.135. The molecule has 0 heterocycles. The van der Waals surface area contributed by atoms with Gasteiger partial charge < -0.3 is 0 Å². The van der Waals surface area contributed by atoms with Crippen molar-refractivity contribution in [1.29, 1.82) is 0 Å². The summed E-state index contributed by atoms with van der Waals surface area (Å²) in [6.45, 7) is 6.14. The molecule has 0 N–H and O–H groups in total. The zero-order valence-corrected chi connectivity index (χ0v) is 13.4. The molecule has 1 aromatic carbocycles. The highest BCUT2D eigenvalue weighted by Crippen LogP contribution is 2.27. The molecule has 120 valence electrons. The fourth-order valence-electron chi connectivity index (χ4n) is 2.40. The summed E-state index contributed by atoms with van der Waals surface area (Å²) in [6.07, 6.45) is -5.52. The molecule has 0 radical (unpaired) electrons. The smallest absolute Gasteiger partial charge is 0.207 e. The third kappa shape index (κ3) is 4.44. The second-order valence-electron chi connectivity index (χ2n) is 5.09. The molecular formula is C14H20F3NO2S. The second kappa shape index (κ2) is 6.36. The average Bonchev–Trinajstić information content (AvgIpc) is 2.25. The first kappa shape index (κ1) is 18.0. The Labute approximate surface area is 123 Å². The van der Waals surface area contributed by atoms with Crippen LogP contribution < -0.4 is 0 Å². The van der Waals surface area contributed by atoms with Gasteiger partial charge in [0.05, 0.1) is 11.3 Å². The van der Waals surface area contributed by atoms with E-state index in [0.29, 0.717) is 11.1 Å². The fourth-order valence-corrected chi connectivity index (χ4v) is 4.26. The van der Waals surface area contributed by atoms with Crippen molar-refractivity contribution in [2.24, 2.45) is 0 Å². The Kier molecular flexibility index (Phi) is 5.44. The van der Waals surface area contributed by atoms with E-state index >= 15 is 0 Å². The van der Waals surface area contributed by atoms with Crippen molar-refractivity contribution in [2.75, 3.05) is 13.1 Å². The molecule has 0 aliphatic carbocycles. The van der Waals surface area contributed by atoms with Crippen LogP contribution in [0.25, 0.3) is 0 Å². The Morgan fingerprint density at radius 3 is 1.95 bits per heavy atom. The lowest BCUT2D eigenvalue weighted by atomic mass is 10.1. The van der Waals surface area contributed by atoms with Gasteiger partial charge in [-0.15, -0.1) is 0 Å². The number of hydrogen-bond acceptors (Lipinski definition) is 2. The minimum atomic E-state index is -4.37. The minimum absolute atomic E-state index is 0.00513. The van der Waals surface area contributed by atoms with Crippen LogP contribution >= 0.6 is 0 Å². The molecule has 0 aliphatic rings. The van der Waals surface area contributed by atoms with Crippen molar-refractivity contribution in [3.05, 3.63) is 28.8 Å². The maximum absolute atomic E-state index is 12.6. The normalized spacial score (nSPS) is 13.0. The lowest BCUT2D eigenvalue weighted by Gasteiger charge is -2.23. The van der Waals surface area contributed by atoms with Gasteiger partial charge >= 0.3 is 6.18 Å². The van der Waals surface area contributed by atoms with E-state index in [0.717, 1.165) is 9.87 Å². The number of benzene rings is 1. The Bertz CT molecular complexity index is 586. The summed E-state index contributed by atoms with van der Waals surface area (Å²) in [5.74, 6) is 0. The first-order valence-corrected chi connectivity index (χ1v) is 8.07. The summed E-state index contributed by atoms with van der Waals surface area (Å²) in [4.78, 5) is 0.108. The van der Waals surface area contributed by atoms with Crippen LogP contribution in [0.4, 0.5) is 13.2 Å². The molecule has 0 aliphatic heterocycles. The Balaban J connectivity index is 3.20. The van der Waals surface area contributed by atoms with Crippen LogP contribution in [0.2, 0.25) is 0 Å². The van der Waals surface area contributed by atoms with Gasteiger partial charge in [0.2, 0.25) is 10.0 Å². The summed E-state index contributed by atoms with van der Waals surface area (Å²) < 4.78 is 63.1. The molecule has 0 fully saturated rings. The van der Waals surface area contributed by atoms with E-state index in [1.165, 1.54) is 6.92 Å². The molecule has 0 atom stereocenters. The number of hydrogen-bond donors (Lipinski definition) is 0. The van der Waals surface area contributed by atoms with Crippen molar-refractivity contribution >= 4 is 10.0 Å². The molecule has 21 heavy (non-hydrogen) atoms. The van der Waals surface area contributed by atoms with Gasteiger partial charge in [0.15, 0.2) is 0 Å². The van der Waals surface area contributed by atoms with Crippen molar-refractivity contribution in [1.82, 2.24) is 4.31 Å². The zero-order valence-electron chi connectivity index (χ0n) is 12.6. The van der Waals surface area contributed by atoms with Crippen LogP contribution in [-0.4, -0.2) is 32.0 Å². The molecule has 1 aromatic rings. The van der Waals surface area contributed by atoms with E-state index in [-0.39, 0.29) is 11.4 Å². The standard InChI is InChI=1S/C14H20F3NO2S/c1-5-18(7-6-14(15,16)17)21(19,20)13-11(3)8-10(2)9-12(13)4/h8-9H,5-7H2,1-4H3. The highest BCUT2D eigenvalue weighted by molar-refractivity contribution is 7.89. The number of rotatable bonds is 5. The maximum Gasteiger partial charge on any atom is 0.390 e. The molecule has 0 bridgehead atoms. The molecule has 0 aromatic heterocycles. The van der Waals surface area contributed by atoms with Crippen LogP contribution in [-0.2, 0) is 10.0 Å². The van der Waals surface area contributed by atoms with E-state index < -0.39 is 29.2 Å². The van der Waals surface area contributed by atoms with Gasteiger partial charge in [-0.2, -0.15) is 17.5 Å². The summed E-state index contributed by atoms with van der Waals surface area (Å²) in [6, 6.07) is 3.44. The summed E-state index contributed by atoms with van der Waals surface area (Å²) in [7, 11) is -3.92. The van der Waals surface area contributed by atoms with Gasteiger partial charge in [0.25, 0.3) is 0 Å². The highest BCUT2D eigenvalue weighted by Gasteiger charge is 2.32. The van der Waals surface area contributed by atoms with E-state index in [9.17, 15) is 21.6 Å². The summed E-state index contributed by atoms with van der Waals surface area (Å²) >= 11 is 0. The molecule has 0 spiro atoms. The van der Waals surface area contributed by atoms with Crippen molar-refractivity contribution in [3.8, 4) is 0 Å². The van der Waals surface area contributed by atoms with Gasteiger partial charge in [0.1, 0.15) is 0 Å². The van der Waals surface area contributed by atoms with E-state index in [4.69, 9.17) is 0 Å². The fraction of sp³-hybridized carbons (Fsp3) is 0.571. The average molecular weight is 323 g/mol. The molecule has 0 saturated carbocycles. The third-order valence-electron chi connectivity index (χ3n) is 3.20. The molecular weight excluding hydrogens is 303 g/mol. The van der Waals surface area contributed by atoms with E-state index in [1.54, 1.807) is 26.0 Å². The molecule has 1 rings (SSSR count). The first-order valence-electron chi connectivity index (χ1n) is 6.63. The molecule has 0 saturated heterocycles. The number of nitrogens with zero attached hydrogens (tertiary/aromatic N) is 1. The Hall–Kier alpha value is -1.08. The SMILES string of the molecule is CCN(CCC(F)(F)F)S(=O)(=O)c1c(C)cc(C)cc1C. The Morgan fingerprint density at radius 1 is 1.10 bits per heavy atom. The number of halogens is 3. The van der Waals surface area contributed by atoms with Crippen molar-refractivity contribution in [2.45, 2.75) is 45.2 Å². The third-order valence-corrected chi connectivity index (χ3v) is 5.48. The predicted molar refractivity (Wildman–Crippen MR) is 75.8 cm³/mol. The number of sulfonamides is 1. The molecule has 0 unspecified atom stereocenters. The quantitative estimate of drug-likeness (QED) is 0.830. The van der Waals surface area contributed by atoms with E-state index in [2.05, 4.69) is 0 Å². The number of alkyl halides is 3. The van der Waals surface area contributed by atoms with Crippen molar-refractivity contribution < 1.29 is 21.6 Å². The van der Waals surface area contributed by atoms with E-state index in [1.807, 2.05) is 6.92 Å². The van der Waals surface area contributed by atoms with Crippen LogP contribution in [0.1, 0.15) is 30.0 Å².